The molecule has 1 aliphatic rings. The van der Waals surface area contributed by atoms with Crippen molar-refractivity contribution in [1.82, 2.24) is 15.5 Å². The summed E-state index contributed by atoms with van der Waals surface area (Å²) in [4.78, 5) is 6.80. The van der Waals surface area contributed by atoms with E-state index in [-0.39, 0.29) is 11.9 Å². The highest BCUT2D eigenvalue weighted by Crippen LogP contribution is 2.15. The lowest BCUT2D eigenvalue weighted by atomic mass is 10.1. The maximum Gasteiger partial charge on any atom is 0.191 e. The summed E-state index contributed by atoms with van der Waals surface area (Å²) in [5.74, 6) is 1.88. The number of hydrogen-bond acceptors (Lipinski definition) is 3. The lowest BCUT2D eigenvalue weighted by molar-refractivity contribution is 0.223. The van der Waals surface area contributed by atoms with Crippen LogP contribution in [0.1, 0.15) is 26.7 Å². The van der Waals surface area contributed by atoms with Gasteiger partial charge in [-0.05, 0) is 63.0 Å². The zero-order chi connectivity index (χ0) is 18.1. The van der Waals surface area contributed by atoms with E-state index in [1.807, 2.05) is 6.92 Å². The molecule has 0 aromatic heterocycles. The molecule has 140 valence electrons. The van der Waals surface area contributed by atoms with Crippen LogP contribution in [0.2, 0.25) is 0 Å². The average molecular weight is 350 g/mol. The molecule has 2 rings (SSSR count). The summed E-state index contributed by atoms with van der Waals surface area (Å²) in [5.41, 5.74) is 0. The summed E-state index contributed by atoms with van der Waals surface area (Å²) < 4.78 is 18.7. The third kappa shape index (κ3) is 6.90. The molecule has 0 bridgehead atoms. The molecule has 0 aliphatic carbocycles. The topological polar surface area (TPSA) is 48.9 Å². The average Bonchev–Trinajstić information content (AvgIpc) is 3.05. The van der Waals surface area contributed by atoms with E-state index in [0.29, 0.717) is 18.2 Å². The minimum atomic E-state index is -0.257. The first kappa shape index (κ1) is 19.5. The fourth-order valence-electron chi connectivity index (χ4n) is 3.09. The van der Waals surface area contributed by atoms with Gasteiger partial charge in [-0.3, -0.25) is 4.99 Å². The Morgan fingerprint density at radius 1 is 1.36 bits per heavy atom. The third-order valence-corrected chi connectivity index (χ3v) is 4.40. The minimum absolute atomic E-state index is 0.0458. The number of nitrogens with one attached hydrogen (secondary N) is 2. The Hall–Kier alpha value is -1.82. The molecule has 6 heteroatoms. The lowest BCUT2D eigenvalue weighted by Gasteiger charge is -2.19. The van der Waals surface area contributed by atoms with E-state index in [9.17, 15) is 4.39 Å². The largest absolute Gasteiger partial charge is 0.489 e. The van der Waals surface area contributed by atoms with Gasteiger partial charge in [0, 0.05) is 20.1 Å². The number of ether oxygens (including phenoxy) is 1. The van der Waals surface area contributed by atoms with Crippen LogP contribution in [0, 0.1) is 11.7 Å². The first-order valence-electron chi connectivity index (χ1n) is 9.19. The van der Waals surface area contributed by atoms with E-state index in [0.717, 1.165) is 12.5 Å². The van der Waals surface area contributed by atoms with E-state index in [1.165, 1.54) is 44.6 Å². The quantitative estimate of drug-likeness (QED) is 0.559. The number of hydrogen-bond donors (Lipinski definition) is 2. The second-order valence-electron chi connectivity index (χ2n) is 6.67. The summed E-state index contributed by atoms with van der Waals surface area (Å²) in [5, 5.41) is 6.70. The maximum absolute atomic E-state index is 12.9. The van der Waals surface area contributed by atoms with Gasteiger partial charge >= 0.3 is 0 Å². The number of nitrogens with zero attached hydrogens (tertiary/aromatic N) is 2. The molecule has 5 nitrogen and oxygen atoms in total. The van der Waals surface area contributed by atoms with Crippen LogP contribution < -0.4 is 15.4 Å². The number of aliphatic imine (C=N–C) groups is 1. The Kier molecular flexibility index (Phi) is 7.98. The van der Waals surface area contributed by atoms with E-state index in [2.05, 4.69) is 27.4 Å². The van der Waals surface area contributed by atoms with Crippen LogP contribution in [0.4, 0.5) is 4.39 Å². The SMILES string of the molecule is CCCN1CCC(CNC(=NC)NCC(C)Oc2ccc(F)cc2)C1. The van der Waals surface area contributed by atoms with Crippen LogP contribution in [0.3, 0.4) is 0 Å². The Balaban J connectivity index is 1.67. The fraction of sp³-hybridized carbons (Fsp3) is 0.632. The molecular weight excluding hydrogens is 319 g/mol. The van der Waals surface area contributed by atoms with Crippen molar-refractivity contribution in [2.75, 3.05) is 39.8 Å². The Morgan fingerprint density at radius 2 is 2.12 bits per heavy atom. The first-order chi connectivity index (χ1) is 12.1. The Morgan fingerprint density at radius 3 is 2.80 bits per heavy atom. The van der Waals surface area contributed by atoms with Crippen LogP contribution in [-0.2, 0) is 0 Å². The molecule has 0 radical (unpaired) electrons. The van der Waals surface area contributed by atoms with Gasteiger partial charge < -0.3 is 20.3 Å². The number of benzene rings is 1. The van der Waals surface area contributed by atoms with Crippen molar-refractivity contribution >= 4 is 5.96 Å². The highest BCUT2D eigenvalue weighted by atomic mass is 19.1. The zero-order valence-electron chi connectivity index (χ0n) is 15.6. The normalized spacial score (nSPS) is 19.7. The second-order valence-corrected chi connectivity index (χ2v) is 6.67. The van der Waals surface area contributed by atoms with Gasteiger partial charge in [-0.2, -0.15) is 0 Å². The van der Waals surface area contributed by atoms with Crippen molar-refractivity contribution < 1.29 is 9.13 Å². The van der Waals surface area contributed by atoms with Crippen molar-refractivity contribution in [1.29, 1.82) is 0 Å². The van der Waals surface area contributed by atoms with Gasteiger partial charge in [0.25, 0.3) is 0 Å². The predicted octanol–water partition coefficient (Wildman–Crippen LogP) is 2.49. The summed E-state index contributed by atoms with van der Waals surface area (Å²) in [7, 11) is 1.78. The van der Waals surface area contributed by atoms with Crippen molar-refractivity contribution in [2.24, 2.45) is 10.9 Å². The first-order valence-corrected chi connectivity index (χ1v) is 9.19. The standard InChI is InChI=1S/C19H31FN4O/c1-4-10-24-11-9-16(14-24)13-23-19(21-3)22-12-15(2)25-18-7-5-17(20)6-8-18/h5-8,15-16H,4,9-14H2,1-3H3,(H2,21,22,23). The molecule has 1 aromatic carbocycles. The van der Waals surface area contributed by atoms with E-state index >= 15 is 0 Å². The number of halogens is 1. The Bertz CT molecular complexity index is 535. The number of likely N-dealkylation sites (tertiary alicyclic amines) is 1. The molecule has 1 heterocycles. The summed E-state index contributed by atoms with van der Waals surface area (Å²) >= 11 is 0. The van der Waals surface area contributed by atoms with Crippen LogP contribution >= 0.6 is 0 Å². The van der Waals surface area contributed by atoms with E-state index < -0.39 is 0 Å². The van der Waals surface area contributed by atoms with Gasteiger partial charge in [0.1, 0.15) is 17.7 Å². The molecule has 1 aromatic rings. The second kappa shape index (κ2) is 10.2. The van der Waals surface area contributed by atoms with E-state index in [4.69, 9.17) is 4.74 Å². The molecule has 1 fully saturated rings. The van der Waals surface area contributed by atoms with Crippen molar-refractivity contribution in [3.05, 3.63) is 30.1 Å². The van der Waals surface area contributed by atoms with Gasteiger partial charge in [-0.25, -0.2) is 4.39 Å². The number of guanidine groups is 1. The molecule has 2 atom stereocenters. The van der Waals surface area contributed by atoms with Gasteiger partial charge in [0.2, 0.25) is 0 Å². The molecular formula is C19H31FN4O. The summed E-state index contributed by atoms with van der Waals surface area (Å²) in [6.07, 6.45) is 2.42. The highest BCUT2D eigenvalue weighted by molar-refractivity contribution is 5.79. The molecule has 1 saturated heterocycles. The monoisotopic (exact) mass is 350 g/mol. The van der Waals surface area contributed by atoms with Gasteiger partial charge in [0.15, 0.2) is 5.96 Å². The maximum atomic E-state index is 12.9. The van der Waals surface area contributed by atoms with Gasteiger partial charge in [-0.15, -0.1) is 0 Å². The summed E-state index contributed by atoms with van der Waals surface area (Å²) in [6, 6.07) is 6.08. The van der Waals surface area contributed by atoms with Crippen LogP contribution in [0.25, 0.3) is 0 Å². The molecule has 25 heavy (non-hydrogen) atoms. The molecule has 2 unspecified atom stereocenters. The smallest absolute Gasteiger partial charge is 0.191 e. The summed E-state index contributed by atoms with van der Waals surface area (Å²) in [6.45, 7) is 9.34. The predicted molar refractivity (Wildman–Crippen MR) is 101 cm³/mol. The zero-order valence-corrected chi connectivity index (χ0v) is 15.6. The highest BCUT2D eigenvalue weighted by Gasteiger charge is 2.21. The van der Waals surface area contributed by atoms with Crippen LogP contribution in [0.5, 0.6) is 5.75 Å². The molecule has 2 N–H and O–H groups in total. The fourth-order valence-corrected chi connectivity index (χ4v) is 3.09. The molecule has 0 amide bonds. The molecule has 0 spiro atoms. The van der Waals surface area contributed by atoms with Crippen molar-refractivity contribution in [3.63, 3.8) is 0 Å². The van der Waals surface area contributed by atoms with Gasteiger partial charge in [-0.1, -0.05) is 6.92 Å². The van der Waals surface area contributed by atoms with Crippen molar-refractivity contribution in [3.8, 4) is 5.75 Å². The Labute approximate surface area is 150 Å². The van der Waals surface area contributed by atoms with Crippen LogP contribution in [-0.4, -0.2) is 56.7 Å². The minimum Gasteiger partial charge on any atom is -0.489 e. The molecule has 1 aliphatic heterocycles. The third-order valence-electron chi connectivity index (χ3n) is 4.40. The van der Waals surface area contributed by atoms with Crippen LogP contribution in [0.15, 0.2) is 29.3 Å². The molecule has 0 saturated carbocycles. The van der Waals surface area contributed by atoms with Crippen molar-refractivity contribution in [2.45, 2.75) is 32.8 Å². The van der Waals surface area contributed by atoms with E-state index in [1.54, 1.807) is 19.2 Å². The number of rotatable bonds is 8. The lowest BCUT2D eigenvalue weighted by Crippen LogP contribution is -2.43. The van der Waals surface area contributed by atoms with Gasteiger partial charge in [0.05, 0.1) is 6.54 Å².